The zero-order valence-electron chi connectivity index (χ0n) is 15.1. The van der Waals surface area contributed by atoms with Crippen LogP contribution < -0.4 is 0 Å². The van der Waals surface area contributed by atoms with E-state index in [1.807, 2.05) is 63.4 Å². The molecule has 21 heavy (non-hydrogen) atoms. The lowest BCUT2D eigenvalue weighted by Crippen LogP contribution is -2.80. The Labute approximate surface area is 129 Å². The Morgan fingerprint density at radius 1 is 0.429 bits per heavy atom. The molecule has 1 aliphatic rings. The van der Waals surface area contributed by atoms with Gasteiger partial charge >= 0.3 is 0 Å². The average molecular weight is 306 g/mol. The minimum atomic E-state index is -0.766. The van der Waals surface area contributed by atoms with Gasteiger partial charge in [0.05, 0.1) is 63.4 Å². The van der Waals surface area contributed by atoms with Gasteiger partial charge in [0.2, 0.25) is 0 Å². The third kappa shape index (κ3) is 3.57. The molecule has 1 fully saturated rings. The summed E-state index contributed by atoms with van der Waals surface area (Å²) in [4.78, 5) is 0. The number of hydrogen-bond acceptors (Lipinski definition) is 3. The molecule has 0 unspecified atom stereocenters. The van der Waals surface area contributed by atoms with Gasteiger partial charge in [-0.3, -0.25) is 0 Å². The predicted octanol–water partition coefficient (Wildman–Crippen LogP) is -1.69. The van der Waals surface area contributed by atoms with Gasteiger partial charge in [-0.25, -0.2) is 0 Å². The van der Waals surface area contributed by atoms with E-state index in [1.54, 1.807) is 0 Å². The van der Waals surface area contributed by atoms with E-state index in [-0.39, 0.29) is 18.1 Å². The first kappa shape index (κ1) is 18.8. The van der Waals surface area contributed by atoms with Crippen molar-refractivity contribution in [2.75, 3.05) is 63.4 Å². The third-order valence-corrected chi connectivity index (χ3v) is 4.78. The Bertz CT molecular complexity index is 299. The van der Waals surface area contributed by atoms with Crippen molar-refractivity contribution in [1.29, 1.82) is 0 Å². The van der Waals surface area contributed by atoms with E-state index in [1.165, 1.54) is 0 Å². The number of likely N-dealkylation sites (N-methyl/N-ethyl adjacent to an activating group) is 3. The SMILES string of the molecule is C[N+](C)(C)C1C(O)C([N+](C)(C)C)C(O)C([N+](C)(C)C)C1O. The molecule has 0 spiro atoms. The molecule has 6 nitrogen and oxygen atoms in total. The van der Waals surface area contributed by atoms with Crippen molar-refractivity contribution in [3.63, 3.8) is 0 Å². The molecule has 0 aromatic rings. The molecule has 0 aromatic carbocycles. The number of quaternary nitrogens is 3. The van der Waals surface area contributed by atoms with Gasteiger partial charge in [-0.05, 0) is 0 Å². The zero-order chi connectivity index (χ0) is 17.0. The van der Waals surface area contributed by atoms with Crippen molar-refractivity contribution in [2.24, 2.45) is 0 Å². The molecule has 0 aromatic heterocycles. The van der Waals surface area contributed by atoms with Crippen LogP contribution in [0.3, 0.4) is 0 Å². The van der Waals surface area contributed by atoms with Crippen molar-refractivity contribution in [2.45, 2.75) is 36.4 Å². The Morgan fingerprint density at radius 3 is 0.667 bits per heavy atom. The van der Waals surface area contributed by atoms with E-state index in [0.29, 0.717) is 13.4 Å². The van der Waals surface area contributed by atoms with E-state index in [9.17, 15) is 15.3 Å². The summed E-state index contributed by atoms with van der Waals surface area (Å²) in [5, 5.41) is 32.6. The van der Waals surface area contributed by atoms with E-state index in [4.69, 9.17) is 0 Å². The van der Waals surface area contributed by atoms with Gasteiger partial charge in [-0.2, -0.15) is 0 Å². The molecule has 0 atom stereocenters. The maximum atomic E-state index is 10.9. The lowest BCUT2D eigenvalue weighted by atomic mass is 9.76. The standard InChI is InChI=1S/C15H36N3O3/c1-16(2,3)10-13(19)11(17(4,5)6)15(21)12(14(10)20)18(7,8)9/h10-15,19-21H,1-9H3/q+3. The van der Waals surface area contributed by atoms with E-state index < -0.39 is 18.3 Å². The summed E-state index contributed by atoms with van der Waals surface area (Å²) in [6.07, 6.45) is -2.30. The molecule has 6 heteroatoms. The molecule has 0 aliphatic heterocycles. The van der Waals surface area contributed by atoms with Crippen molar-refractivity contribution < 1.29 is 28.8 Å². The highest BCUT2D eigenvalue weighted by atomic mass is 16.3. The first-order valence-corrected chi connectivity index (χ1v) is 7.57. The summed E-state index contributed by atoms with van der Waals surface area (Å²) in [6, 6.07) is -1.01. The van der Waals surface area contributed by atoms with Gasteiger partial charge in [0, 0.05) is 0 Å². The number of aliphatic hydroxyl groups is 3. The van der Waals surface area contributed by atoms with Gasteiger partial charge in [0.15, 0.2) is 36.4 Å². The van der Waals surface area contributed by atoms with Crippen molar-refractivity contribution in [1.82, 2.24) is 0 Å². The lowest BCUT2D eigenvalue weighted by Gasteiger charge is -2.55. The summed E-state index contributed by atoms with van der Waals surface area (Å²) < 4.78 is 1.38. The summed E-state index contributed by atoms with van der Waals surface area (Å²) in [7, 11) is 17.8. The molecule has 3 N–H and O–H groups in total. The van der Waals surface area contributed by atoms with Gasteiger partial charge in [-0.1, -0.05) is 0 Å². The molecule has 0 radical (unpaired) electrons. The highest BCUT2D eigenvalue weighted by molar-refractivity contribution is 5.01. The van der Waals surface area contributed by atoms with E-state index in [0.717, 1.165) is 0 Å². The number of rotatable bonds is 3. The summed E-state index contributed by atoms with van der Waals surface area (Å²) in [5.41, 5.74) is 0. The number of aliphatic hydroxyl groups excluding tert-OH is 3. The van der Waals surface area contributed by atoms with Crippen LogP contribution in [0.2, 0.25) is 0 Å². The van der Waals surface area contributed by atoms with Crippen LogP contribution in [0.1, 0.15) is 0 Å². The fraction of sp³-hybridized carbons (Fsp3) is 1.00. The van der Waals surface area contributed by atoms with Gasteiger partial charge in [0.1, 0.15) is 0 Å². The summed E-state index contributed by atoms with van der Waals surface area (Å²) in [6.45, 7) is 0. The largest absolute Gasteiger partial charge is 0.381 e. The Morgan fingerprint density at radius 2 is 0.571 bits per heavy atom. The van der Waals surface area contributed by atoms with Gasteiger partial charge in [-0.15, -0.1) is 0 Å². The van der Waals surface area contributed by atoms with E-state index in [2.05, 4.69) is 0 Å². The smallest absolute Gasteiger partial charge is 0.163 e. The first-order valence-electron chi connectivity index (χ1n) is 7.57. The number of hydrogen-bond donors (Lipinski definition) is 3. The maximum absolute atomic E-state index is 10.9. The Hall–Kier alpha value is -0.240. The van der Waals surface area contributed by atoms with Crippen LogP contribution in [0.4, 0.5) is 0 Å². The second kappa shape index (κ2) is 5.44. The molecule has 0 bridgehead atoms. The third-order valence-electron chi connectivity index (χ3n) is 4.78. The second-order valence-electron chi connectivity index (χ2n) is 9.29. The molecule has 1 saturated carbocycles. The molecular formula is C15H36N3O3+3. The lowest BCUT2D eigenvalue weighted by molar-refractivity contribution is -0.960. The van der Waals surface area contributed by atoms with Crippen molar-refractivity contribution >= 4 is 0 Å². The van der Waals surface area contributed by atoms with Gasteiger partial charge < -0.3 is 28.8 Å². The Kier molecular flexibility index (Phi) is 4.87. The number of nitrogens with zero attached hydrogens (tertiary/aromatic N) is 3. The van der Waals surface area contributed by atoms with Crippen molar-refractivity contribution in [3.8, 4) is 0 Å². The molecule has 1 rings (SSSR count). The molecule has 1 aliphatic carbocycles. The summed E-state index contributed by atoms with van der Waals surface area (Å²) in [5.74, 6) is 0. The normalized spacial score (nSPS) is 39.4. The minimum Gasteiger partial charge on any atom is -0.381 e. The predicted molar refractivity (Wildman–Crippen MR) is 83.5 cm³/mol. The molecule has 126 valence electrons. The van der Waals surface area contributed by atoms with Crippen LogP contribution in [-0.4, -0.2) is 129 Å². The van der Waals surface area contributed by atoms with Gasteiger partial charge in [0.25, 0.3) is 0 Å². The zero-order valence-corrected chi connectivity index (χ0v) is 15.1. The Balaban J connectivity index is 3.38. The van der Waals surface area contributed by atoms with Crippen LogP contribution in [0.5, 0.6) is 0 Å². The minimum absolute atomic E-state index is 0.335. The fourth-order valence-electron chi connectivity index (χ4n) is 3.96. The highest BCUT2D eigenvalue weighted by Crippen LogP contribution is 2.34. The first-order chi connectivity index (χ1) is 9.10. The quantitative estimate of drug-likeness (QED) is 0.545. The second-order valence-corrected chi connectivity index (χ2v) is 9.29. The highest BCUT2D eigenvalue weighted by Gasteiger charge is 2.62. The molecule has 0 heterocycles. The topological polar surface area (TPSA) is 60.7 Å². The fourth-order valence-corrected chi connectivity index (χ4v) is 3.96. The monoisotopic (exact) mass is 306 g/mol. The molecule has 0 saturated heterocycles. The van der Waals surface area contributed by atoms with Crippen LogP contribution in [0, 0.1) is 0 Å². The van der Waals surface area contributed by atoms with Crippen LogP contribution in [0.25, 0.3) is 0 Å². The van der Waals surface area contributed by atoms with Crippen LogP contribution >= 0.6 is 0 Å². The maximum Gasteiger partial charge on any atom is 0.163 e. The summed E-state index contributed by atoms with van der Waals surface area (Å²) >= 11 is 0. The molecular weight excluding hydrogens is 270 g/mol. The van der Waals surface area contributed by atoms with Crippen LogP contribution in [-0.2, 0) is 0 Å². The van der Waals surface area contributed by atoms with Crippen LogP contribution in [0.15, 0.2) is 0 Å². The van der Waals surface area contributed by atoms with Crippen molar-refractivity contribution in [3.05, 3.63) is 0 Å². The molecule has 0 amide bonds. The average Bonchev–Trinajstić information content (AvgIpc) is 2.07. The van der Waals surface area contributed by atoms with E-state index >= 15 is 0 Å².